The standard InChI is InChI=1S/C7H12N4O2/c1-4(2)13-3-5-9-6(8)11-7(12)10-5/h4H,3H2,1-2H3,(H3,8,9,10,11,12). The monoisotopic (exact) mass is 184 g/mol. The molecular formula is C7H12N4O2. The molecule has 6 nitrogen and oxygen atoms in total. The molecule has 0 amide bonds. The minimum atomic E-state index is -0.505. The molecule has 0 aromatic carbocycles. The van der Waals surface area contributed by atoms with Gasteiger partial charge in [-0.15, -0.1) is 0 Å². The number of nitrogens with one attached hydrogen (secondary N) is 1. The molecule has 0 unspecified atom stereocenters. The third kappa shape index (κ3) is 3.20. The summed E-state index contributed by atoms with van der Waals surface area (Å²) in [7, 11) is 0. The van der Waals surface area contributed by atoms with Crippen molar-refractivity contribution in [1.82, 2.24) is 15.0 Å². The van der Waals surface area contributed by atoms with E-state index in [0.29, 0.717) is 5.82 Å². The number of nitrogen functional groups attached to an aromatic ring is 1. The largest absolute Gasteiger partial charge is 0.371 e. The SMILES string of the molecule is CC(C)OCc1nc(N)nc(=O)[nH]1. The molecular weight excluding hydrogens is 172 g/mol. The van der Waals surface area contributed by atoms with Gasteiger partial charge in [0.05, 0.1) is 6.10 Å². The van der Waals surface area contributed by atoms with Crippen molar-refractivity contribution in [1.29, 1.82) is 0 Å². The van der Waals surface area contributed by atoms with Crippen LogP contribution in [0.25, 0.3) is 0 Å². The number of aromatic nitrogens is 3. The Kier molecular flexibility index (Phi) is 2.97. The van der Waals surface area contributed by atoms with Crippen molar-refractivity contribution in [3.05, 3.63) is 16.3 Å². The van der Waals surface area contributed by atoms with Crippen LogP contribution >= 0.6 is 0 Å². The Labute approximate surface area is 75.2 Å². The van der Waals surface area contributed by atoms with Crippen molar-refractivity contribution >= 4 is 5.95 Å². The first-order chi connectivity index (χ1) is 6.08. The lowest BCUT2D eigenvalue weighted by atomic mass is 10.5. The minimum absolute atomic E-state index is 0.0360. The lowest BCUT2D eigenvalue weighted by Gasteiger charge is -2.05. The number of nitrogens with two attached hydrogens (primary N) is 1. The van der Waals surface area contributed by atoms with Gasteiger partial charge in [0.15, 0.2) is 0 Å². The average molecular weight is 184 g/mol. The highest BCUT2D eigenvalue weighted by molar-refractivity contribution is 5.12. The molecule has 0 fully saturated rings. The zero-order valence-electron chi connectivity index (χ0n) is 7.57. The fraction of sp³-hybridized carbons (Fsp3) is 0.571. The second-order valence-corrected chi connectivity index (χ2v) is 2.82. The highest BCUT2D eigenvalue weighted by Gasteiger charge is 2.00. The molecule has 0 spiro atoms. The van der Waals surface area contributed by atoms with Crippen LogP contribution in [0.1, 0.15) is 19.7 Å². The number of nitrogens with zero attached hydrogens (tertiary/aromatic N) is 2. The molecule has 0 aliphatic rings. The molecule has 1 aromatic heterocycles. The van der Waals surface area contributed by atoms with Gasteiger partial charge in [-0.05, 0) is 13.8 Å². The summed E-state index contributed by atoms with van der Waals surface area (Å²) in [6.45, 7) is 4.02. The third-order valence-electron chi connectivity index (χ3n) is 1.27. The van der Waals surface area contributed by atoms with Gasteiger partial charge in [0.25, 0.3) is 0 Å². The Hall–Kier alpha value is -1.43. The molecule has 0 radical (unpaired) electrons. The first kappa shape index (κ1) is 9.66. The third-order valence-corrected chi connectivity index (χ3v) is 1.27. The van der Waals surface area contributed by atoms with E-state index >= 15 is 0 Å². The molecule has 0 saturated carbocycles. The second-order valence-electron chi connectivity index (χ2n) is 2.82. The molecule has 0 bridgehead atoms. The molecule has 0 atom stereocenters. The molecule has 0 saturated heterocycles. The van der Waals surface area contributed by atoms with E-state index in [4.69, 9.17) is 10.5 Å². The van der Waals surface area contributed by atoms with Crippen molar-refractivity contribution in [2.24, 2.45) is 0 Å². The minimum Gasteiger partial charge on any atom is -0.371 e. The Morgan fingerprint density at radius 2 is 2.23 bits per heavy atom. The van der Waals surface area contributed by atoms with Crippen molar-refractivity contribution in [2.45, 2.75) is 26.6 Å². The van der Waals surface area contributed by atoms with E-state index < -0.39 is 5.69 Å². The predicted octanol–water partition coefficient (Wildman–Crippen LogP) is -0.328. The first-order valence-electron chi connectivity index (χ1n) is 3.92. The molecule has 72 valence electrons. The number of rotatable bonds is 3. The number of hydrogen-bond acceptors (Lipinski definition) is 5. The van der Waals surface area contributed by atoms with Crippen LogP contribution in [0, 0.1) is 0 Å². The number of ether oxygens (including phenoxy) is 1. The first-order valence-corrected chi connectivity index (χ1v) is 3.92. The summed E-state index contributed by atoms with van der Waals surface area (Å²) in [6.07, 6.45) is 0.0830. The fourth-order valence-electron chi connectivity index (χ4n) is 0.761. The summed E-state index contributed by atoms with van der Waals surface area (Å²) in [4.78, 5) is 20.4. The number of aromatic amines is 1. The lowest BCUT2D eigenvalue weighted by molar-refractivity contribution is 0.0611. The van der Waals surface area contributed by atoms with E-state index in [-0.39, 0.29) is 18.7 Å². The number of H-pyrrole nitrogens is 1. The molecule has 0 aliphatic carbocycles. The summed E-state index contributed by atoms with van der Waals surface area (Å²) >= 11 is 0. The van der Waals surface area contributed by atoms with Gasteiger partial charge < -0.3 is 10.5 Å². The molecule has 13 heavy (non-hydrogen) atoms. The van der Waals surface area contributed by atoms with Crippen LogP contribution in [-0.2, 0) is 11.3 Å². The van der Waals surface area contributed by atoms with Gasteiger partial charge in [0.1, 0.15) is 12.4 Å². The maximum absolute atomic E-state index is 10.8. The molecule has 3 N–H and O–H groups in total. The molecule has 1 aromatic rings. The second kappa shape index (κ2) is 3.99. The van der Waals surface area contributed by atoms with Crippen molar-refractivity contribution in [3.63, 3.8) is 0 Å². The zero-order valence-corrected chi connectivity index (χ0v) is 7.57. The van der Waals surface area contributed by atoms with Crippen LogP contribution < -0.4 is 11.4 Å². The Morgan fingerprint density at radius 3 is 2.77 bits per heavy atom. The van der Waals surface area contributed by atoms with Crippen molar-refractivity contribution < 1.29 is 4.74 Å². The van der Waals surface area contributed by atoms with E-state index in [9.17, 15) is 4.79 Å². The van der Waals surface area contributed by atoms with E-state index in [1.807, 2.05) is 13.8 Å². The van der Waals surface area contributed by atoms with E-state index in [1.165, 1.54) is 0 Å². The van der Waals surface area contributed by atoms with Crippen LogP contribution in [0.5, 0.6) is 0 Å². The Morgan fingerprint density at radius 1 is 1.54 bits per heavy atom. The predicted molar refractivity (Wildman–Crippen MR) is 47.0 cm³/mol. The highest BCUT2D eigenvalue weighted by Crippen LogP contribution is 1.95. The quantitative estimate of drug-likeness (QED) is 0.671. The van der Waals surface area contributed by atoms with Crippen LogP contribution in [0.2, 0.25) is 0 Å². The summed E-state index contributed by atoms with van der Waals surface area (Å²) in [5, 5.41) is 0. The van der Waals surface area contributed by atoms with Crippen LogP contribution in [0.4, 0.5) is 5.95 Å². The lowest BCUT2D eigenvalue weighted by Crippen LogP contribution is -2.18. The molecule has 0 aliphatic heterocycles. The molecule has 1 heterocycles. The van der Waals surface area contributed by atoms with Gasteiger partial charge in [0.2, 0.25) is 5.95 Å². The van der Waals surface area contributed by atoms with Crippen LogP contribution in [0.15, 0.2) is 4.79 Å². The highest BCUT2D eigenvalue weighted by atomic mass is 16.5. The van der Waals surface area contributed by atoms with Gasteiger partial charge >= 0.3 is 5.69 Å². The average Bonchev–Trinajstić information content (AvgIpc) is 1.99. The Bertz CT molecular complexity index is 334. The topological polar surface area (TPSA) is 93.9 Å². The van der Waals surface area contributed by atoms with Gasteiger partial charge in [-0.25, -0.2) is 4.79 Å². The smallest absolute Gasteiger partial charge is 0.349 e. The fourth-order valence-corrected chi connectivity index (χ4v) is 0.761. The van der Waals surface area contributed by atoms with Gasteiger partial charge in [0, 0.05) is 0 Å². The van der Waals surface area contributed by atoms with E-state index in [0.717, 1.165) is 0 Å². The summed E-state index contributed by atoms with van der Waals surface area (Å²) in [6, 6.07) is 0. The number of anilines is 1. The maximum atomic E-state index is 10.8. The maximum Gasteiger partial charge on any atom is 0.349 e. The van der Waals surface area contributed by atoms with Crippen LogP contribution in [-0.4, -0.2) is 21.1 Å². The van der Waals surface area contributed by atoms with Crippen LogP contribution in [0.3, 0.4) is 0 Å². The number of hydrogen-bond donors (Lipinski definition) is 2. The summed E-state index contributed by atoms with van der Waals surface area (Å²) in [5.74, 6) is 0.359. The Balaban J connectivity index is 2.72. The van der Waals surface area contributed by atoms with Gasteiger partial charge in [-0.1, -0.05) is 0 Å². The summed E-state index contributed by atoms with van der Waals surface area (Å²) in [5.41, 5.74) is 4.76. The van der Waals surface area contributed by atoms with Crippen molar-refractivity contribution in [2.75, 3.05) is 5.73 Å². The van der Waals surface area contributed by atoms with Crippen molar-refractivity contribution in [3.8, 4) is 0 Å². The zero-order chi connectivity index (χ0) is 9.84. The normalized spacial score (nSPS) is 10.7. The summed E-state index contributed by atoms with van der Waals surface area (Å²) < 4.78 is 5.22. The van der Waals surface area contributed by atoms with E-state index in [2.05, 4.69) is 15.0 Å². The van der Waals surface area contributed by atoms with Gasteiger partial charge in [-0.3, -0.25) is 4.98 Å². The van der Waals surface area contributed by atoms with Gasteiger partial charge in [-0.2, -0.15) is 9.97 Å². The molecule has 1 rings (SSSR count). The van der Waals surface area contributed by atoms with E-state index in [1.54, 1.807) is 0 Å². The molecule has 6 heteroatoms.